The fourth-order valence-electron chi connectivity index (χ4n) is 1.75. The van der Waals surface area contributed by atoms with Gasteiger partial charge in [-0.15, -0.1) is 0 Å². The van der Waals surface area contributed by atoms with Crippen LogP contribution in [0.4, 0.5) is 0 Å². The maximum Gasteiger partial charge on any atom is 0.231 e. The van der Waals surface area contributed by atoms with Gasteiger partial charge in [0.15, 0.2) is 11.5 Å². The van der Waals surface area contributed by atoms with Crippen LogP contribution in [-0.2, 0) is 6.42 Å². The normalized spacial score (nSPS) is 15.0. The van der Waals surface area contributed by atoms with Crippen LogP contribution in [0.1, 0.15) is 12.5 Å². The van der Waals surface area contributed by atoms with E-state index in [0.29, 0.717) is 28.7 Å². The summed E-state index contributed by atoms with van der Waals surface area (Å²) in [5.74, 6) is 1.82. The van der Waals surface area contributed by atoms with Gasteiger partial charge in [0.25, 0.3) is 0 Å². The molecule has 0 bridgehead atoms. The molecule has 1 atom stereocenters. The fraction of sp³-hybridized carbons (Fsp3) is 0.455. The predicted molar refractivity (Wildman–Crippen MR) is 61.5 cm³/mol. The van der Waals surface area contributed by atoms with Gasteiger partial charge in [-0.1, -0.05) is 11.6 Å². The van der Waals surface area contributed by atoms with Gasteiger partial charge in [0.2, 0.25) is 6.79 Å². The molecular weight excluding hydrogens is 230 g/mol. The van der Waals surface area contributed by atoms with Crippen molar-refractivity contribution in [1.82, 2.24) is 0 Å². The van der Waals surface area contributed by atoms with E-state index in [1.807, 2.05) is 13.0 Å². The van der Waals surface area contributed by atoms with Crippen LogP contribution in [0.3, 0.4) is 0 Å². The number of hydrogen-bond donors (Lipinski definition) is 1. The Balaban J connectivity index is 2.48. The van der Waals surface area contributed by atoms with Gasteiger partial charge < -0.3 is 19.9 Å². The molecule has 0 fully saturated rings. The van der Waals surface area contributed by atoms with Crippen molar-refractivity contribution in [2.75, 3.05) is 13.9 Å². The SMILES string of the molecule is COc1c(CC(C)N)cc2c(c1Cl)OCO2. The lowest BCUT2D eigenvalue weighted by Crippen LogP contribution is -2.18. The topological polar surface area (TPSA) is 53.7 Å². The van der Waals surface area contributed by atoms with Gasteiger partial charge in [0, 0.05) is 11.6 Å². The molecular formula is C11H14ClNO3. The van der Waals surface area contributed by atoms with E-state index in [9.17, 15) is 0 Å². The van der Waals surface area contributed by atoms with E-state index >= 15 is 0 Å². The summed E-state index contributed by atoms with van der Waals surface area (Å²) in [6, 6.07) is 1.90. The Bertz CT molecular complexity index is 407. The number of fused-ring (bicyclic) bond motifs is 1. The third-order valence-electron chi connectivity index (χ3n) is 2.38. The summed E-state index contributed by atoms with van der Waals surface area (Å²) in [7, 11) is 1.58. The fourth-order valence-corrected chi connectivity index (χ4v) is 2.10. The van der Waals surface area contributed by atoms with Crippen molar-refractivity contribution >= 4 is 11.6 Å². The Labute approximate surface area is 99.2 Å². The zero-order valence-electron chi connectivity index (χ0n) is 9.25. The molecule has 0 spiro atoms. The smallest absolute Gasteiger partial charge is 0.231 e. The zero-order valence-corrected chi connectivity index (χ0v) is 10.0. The van der Waals surface area contributed by atoms with Crippen LogP contribution in [0.2, 0.25) is 5.02 Å². The maximum atomic E-state index is 6.17. The minimum atomic E-state index is 0.0327. The van der Waals surface area contributed by atoms with E-state index in [2.05, 4.69) is 0 Å². The largest absolute Gasteiger partial charge is 0.495 e. The van der Waals surface area contributed by atoms with E-state index in [1.165, 1.54) is 0 Å². The standard InChI is InChI=1S/C11H14ClNO3/c1-6(13)3-7-4-8-11(16-5-15-8)9(12)10(7)14-2/h4,6H,3,5,13H2,1-2H3. The van der Waals surface area contributed by atoms with Crippen LogP contribution in [0.5, 0.6) is 17.2 Å². The quantitative estimate of drug-likeness (QED) is 0.882. The first-order valence-corrected chi connectivity index (χ1v) is 5.41. The lowest BCUT2D eigenvalue weighted by molar-refractivity contribution is 0.174. The van der Waals surface area contributed by atoms with Crippen LogP contribution in [0.25, 0.3) is 0 Å². The minimum Gasteiger partial charge on any atom is -0.495 e. The average molecular weight is 244 g/mol. The van der Waals surface area contributed by atoms with Gasteiger partial charge in [-0.05, 0) is 19.4 Å². The van der Waals surface area contributed by atoms with Crippen molar-refractivity contribution in [2.24, 2.45) is 5.73 Å². The molecule has 4 nitrogen and oxygen atoms in total. The summed E-state index contributed by atoms with van der Waals surface area (Å²) >= 11 is 6.17. The van der Waals surface area contributed by atoms with Gasteiger partial charge in [-0.2, -0.15) is 0 Å². The summed E-state index contributed by atoms with van der Waals surface area (Å²) in [6.07, 6.45) is 0.680. The summed E-state index contributed by atoms with van der Waals surface area (Å²) in [5, 5.41) is 0.452. The van der Waals surface area contributed by atoms with Crippen molar-refractivity contribution in [3.8, 4) is 17.2 Å². The number of methoxy groups -OCH3 is 1. The monoisotopic (exact) mass is 243 g/mol. The molecule has 1 heterocycles. The second kappa shape index (κ2) is 4.39. The van der Waals surface area contributed by atoms with Crippen LogP contribution < -0.4 is 19.9 Å². The molecule has 0 radical (unpaired) electrons. The summed E-state index contributed by atoms with van der Waals surface area (Å²) in [4.78, 5) is 0. The van der Waals surface area contributed by atoms with Crippen LogP contribution >= 0.6 is 11.6 Å². The third kappa shape index (κ3) is 1.90. The van der Waals surface area contributed by atoms with Crippen LogP contribution in [-0.4, -0.2) is 19.9 Å². The highest BCUT2D eigenvalue weighted by Crippen LogP contribution is 2.46. The van der Waals surface area contributed by atoms with Gasteiger partial charge in [0.1, 0.15) is 10.8 Å². The molecule has 5 heteroatoms. The van der Waals surface area contributed by atoms with E-state index in [1.54, 1.807) is 7.11 Å². The van der Waals surface area contributed by atoms with E-state index < -0.39 is 0 Å². The highest BCUT2D eigenvalue weighted by molar-refractivity contribution is 6.34. The van der Waals surface area contributed by atoms with Crippen molar-refractivity contribution in [3.05, 3.63) is 16.7 Å². The van der Waals surface area contributed by atoms with Gasteiger partial charge in [-0.25, -0.2) is 0 Å². The third-order valence-corrected chi connectivity index (χ3v) is 2.73. The molecule has 1 aliphatic rings. The summed E-state index contributed by atoms with van der Waals surface area (Å²) in [6.45, 7) is 2.12. The average Bonchev–Trinajstić information content (AvgIpc) is 2.65. The van der Waals surface area contributed by atoms with Crippen LogP contribution in [0, 0.1) is 0 Å². The Kier molecular flexibility index (Phi) is 3.12. The number of ether oxygens (including phenoxy) is 3. The molecule has 1 aromatic rings. The Morgan fingerprint density at radius 3 is 2.94 bits per heavy atom. The number of hydrogen-bond acceptors (Lipinski definition) is 4. The predicted octanol–water partition coefficient (Wildman–Crippen LogP) is 1.97. The van der Waals surface area contributed by atoms with Crippen molar-refractivity contribution in [2.45, 2.75) is 19.4 Å². The van der Waals surface area contributed by atoms with Gasteiger partial charge in [0.05, 0.1) is 7.11 Å². The lowest BCUT2D eigenvalue weighted by Gasteiger charge is -2.13. The van der Waals surface area contributed by atoms with Crippen molar-refractivity contribution in [1.29, 1.82) is 0 Å². The van der Waals surface area contributed by atoms with Gasteiger partial charge in [-0.3, -0.25) is 0 Å². The number of rotatable bonds is 3. The second-order valence-corrected chi connectivity index (χ2v) is 4.18. The first kappa shape index (κ1) is 11.4. The van der Waals surface area contributed by atoms with E-state index in [4.69, 9.17) is 31.5 Å². The number of halogens is 1. The summed E-state index contributed by atoms with van der Waals surface area (Å²) < 4.78 is 15.8. The second-order valence-electron chi connectivity index (χ2n) is 3.80. The molecule has 0 aromatic heterocycles. The Hall–Kier alpha value is -1.13. The molecule has 1 unspecified atom stereocenters. The van der Waals surface area contributed by atoms with E-state index in [-0.39, 0.29) is 12.8 Å². The molecule has 0 amide bonds. The minimum absolute atomic E-state index is 0.0327. The summed E-state index contributed by atoms with van der Waals surface area (Å²) in [5.41, 5.74) is 6.71. The molecule has 88 valence electrons. The lowest BCUT2D eigenvalue weighted by atomic mass is 10.1. The molecule has 16 heavy (non-hydrogen) atoms. The number of nitrogens with two attached hydrogens (primary N) is 1. The molecule has 2 N–H and O–H groups in total. The van der Waals surface area contributed by atoms with Crippen molar-refractivity contribution in [3.63, 3.8) is 0 Å². The van der Waals surface area contributed by atoms with Crippen molar-refractivity contribution < 1.29 is 14.2 Å². The molecule has 1 aromatic carbocycles. The Morgan fingerprint density at radius 2 is 2.31 bits per heavy atom. The maximum absolute atomic E-state index is 6.17. The highest BCUT2D eigenvalue weighted by atomic mass is 35.5. The zero-order chi connectivity index (χ0) is 11.7. The first-order chi connectivity index (χ1) is 7.63. The molecule has 1 aliphatic heterocycles. The highest BCUT2D eigenvalue weighted by Gasteiger charge is 2.24. The van der Waals surface area contributed by atoms with E-state index in [0.717, 1.165) is 5.56 Å². The molecule has 0 saturated heterocycles. The first-order valence-electron chi connectivity index (χ1n) is 5.04. The molecule has 0 aliphatic carbocycles. The Morgan fingerprint density at radius 1 is 1.56 bits per heavy atom. The van der Waals surface area contributed by atoms with Gasteiger partial charge >= 0.3 is 0 Å². The molecule has 0 saturated carbocycles. The molecule has 2 rings (SSSR count). The number of benzene rings is 1. The van der Waals surface area contributed by atoms with Crippen LogP contribution in [0.15, 0.2) is 6.07 Å².